The number of aromatic nitrogens is 4. The fourth-order valence-corrected chi connectivity index (χ4v) is 5.06. The fraction of sp³-hybridized carbons (Fsp3) is 0.280. The predicted octanol–water partition coefficient (Wildman–Crippen LogP) is 5.95. The van der Waals surface area contributed by atoms with Crippen molar-refractivity contribution >= 4 is 45.6 Å². The molecule has 0 unspecified atom stereocenters. The van der Waals surface area contributed by atoms with Gasteiger partial charge in [0, 0.05) is 54.3 Å². The first kappa shape index (κ1) is 24.3. The number of benzene rings is 1. The molecule has 0 aliphatic carbocycles. The molecule has 0 saturated carbocycles. The van der Waals surface area contributed by atoms with Crippen LogP contribution in [0.25, 0.3) is 27.0 Å². The van der Waals surface area contributed by atoms with Gasteiger partial charge in [-0.1, -0.05) is 23.2 Å². The molecule has 1 aliphatic rings. The summed E-state index contributed by atoms with van der Waals surface area (Å²) in [4.78, 5) is 14.3. The van der Waals surface area contributed by atoms with Gasteiger partial charge in [-0.15, -0.1) is 0 Å². The number of H-pyrrole nitrogens is 1. The Balaban J connectivity index is 1.48. The van der Waals surface area contributed by atoms with Gasteiger partial charge in [-0.2, -0.15) is 5.10 Å². The summed E-state index contributed by atoms with van der Waals surface area (Å²) in [7, 11) is 1.92. The van der Waals surface area contributed by atoms with Gasteiger partial charge in [-0.05, 0) is 33.0 Å². The number of anilines is 1. The minimum Gasteiger partial charge on any atom is -0.483 e. The molecule has 1 aliphatic heterocycles. The van der Waals surface area contributed by atoms with Crippen LogP contribution >= 0.6 is 23.2 Å². The van der Waals surface area contributed by atoms with E-state index in [2.05, 4.69) is 42.2 Å². The molecule has 1 atom stereocenters. The Morgan fingerprint density at radius 1 is 1.22 bits per heavy atom. The summed E-state index contributed by atoms with van der Waals surface area (Å²) < 4.78 is 20.8. The summed E-state index contributed by atoms with van der Waals surface area (Å²) in [5.74, 6) is 0.0892. The third kappa shape index (κ3) is 4.22. The molecule has 3 aromatic heterocycles. The largest absolute Gasteiger partial charge is 0.483 e. The van der Waals surface area contributed by atoms with E-state index in [1.165, 1.54) is 18.5 Å². The maximum absolute atomic E-state index is 14.9. The van der Waals surface area contributed by atoms with E-state index in [0.717, 1.165) is 13.1 Å². The number of likely N-dealkylation sites (N-methyl/N-ethyl adjacent to an activating group) is 1. The zero-order chi connectivity index (χ0) is 25.6. The molecule has 4 aromatic rings. The SMILES string of the molecule is [C-]#[N+]c1cc(-c2n[nH]c3cc(F)c(O[C@H](C)c4c(Cl)cncc4Cl)cc23)cnc1N1CC(C)(NC)C1. The van der Waals surface area contributed by atoms with Crippen molar-refractivity contribution in [3.8, 4) is 17.0 Å². The Kier molecular flexibility index (Phi) is 6.20. The molecule has 184 valence electrons. The van der Waals surface area contributed by atoms with Gasteiger partial charge in [-0.3, -0.25) is 15.1 Å². The number of hydrogen-bond donors (Lipinski definition) is 2. The van der Waals surface area contributed by atoms with Gasteiger partial charge in [-0.25, -0.2) is 9.24 Å². The highest BCUT2D eigenvalue weighted by Crippen LogP contribution is 2.39. The van der Waals surface area contributed by atoms with Crippen LogP contribution < -0.4 is 15.0 Å². The molecule has 36 heavy (non-hydrogen) atoms. The van der Waals surface area contributed by atoms with E-state index in [9.17, 15) is 4.39 Å². The maximum Gasteiger partial charge on any atom is 0.229 e. The van der Waals surface area contributed by atoms with E-state index >= 15 is 0 Å². The quantitative estimate of drug-likeness (QED) is 0.302. The van der Waals surface area contributed by atoms with Gasteiger partial charge in [0.2, 0.25) is 5.69 Å². The second kappa shape index (κ2) is 9.21. The molecule has 1 fully saturated rings. The lowest BCUT2D eigenvalue weighted by molar-refractivity contribution is 0.217. The number of ether oxygens (including phenoxy) is 1. The minimum atomic E-state index is -0.634. The Morgan fingerprint density at radius 3 is 2.61 bits per heavy atom. The molecule has 2 N–H and O–H groups in total. The first-order chi connectivity index (χ1) is 17.2. The van der Waals surface area contributed by atoms with Gasteiger partial charge < -0.3 is 15.0 Å². The topological polar surface area (TPSA) is 83.3 Å². The van der Waals surface area contributed by atoms with Crippen LogP contribution in [0.15, 0.2) is 36.8 Å². The highest BCUT2D eigenvalue weighted by molar-refractivity contribution is 6.35. The van der Waals surface area contributed by atoms with Crippen LogP contribution in [-0.2, 0) is 0 Å². The lowest BCUT2D eigenvalue weighted by atomic mass is 9.92. The summed E-state index contributed by atoms with van der Waals surface area (Å²) in [6.45, 7) is 13.1. The molecule has 1 saturated heterocycles. The molecule has 0 bridgehead atoms. The zero-order valence-corrected chi connectivity index (χ0v) is 21.2. The number of halogens is 3. The number of fused-ring (bicyclic) bond motifs is 1. The average Bonchev–Trinajstić information content (AvgIpc) is 3.24. The van der Waals surface area contributed by atoms with Crippen molar-refractivity contribution < 1.29 is 9.13 Å². The van der Waals surface area contributed by atoms with Gasteiger partial charge >= 0.3 is 0 Å². The summed E-state index contributed by atoms with van der Waals surface area (Å²) in [6, 6.07) is 4.64. The van der Waals surface area contributed by atoms with Gasteiger partial charge in [0.05, 0.1) is 27.7 Å². The van der Waals surface area contributed by atoms with Crippen molar-refractivity contribution in [1.29, 1.82) is 0 Å². The first-order valence-electron chi connectivity index (χ1n) is 11.2. The van der Waals surface area contributed by atoms with E-state index in [1.807, 2.05) is 7.05 Å². The van der Waals surface area contributed by atoms with Crippen molar-refractivity contribution in [1.82, 2.24) is 25.5 Å². The lowest BCUT2D eigenvalue weighted by Gasteiger charge is -2.49. The second-order valence-electron chi connectivity index (χ2n) is 9.02. The standard InChI is InChI=1S/C25H22Cl2FN7O/c1-13(22-16(26)9-31-10-17(22)27)36-21-6-15-19(7-18(21)28)33-34-23(15)14-5-20(29-3)24(32-8-14)35-11-25(2,12-35)30-4/h5-10,13,30H,11-12H2,1-2,4H3,(H,33,34)/t13-/m1/s1. The minimum absolute atomic E-state index is 0.000370. The fourth-order valence-electron chi connectivity index (χ4n) is 4.39. The van der Waals surface area contributed by atoms with E-state index < -0.39 is 11.9 Å². The Hall–Kier alpha value is -3.45. The molecule has 8 nitrogen and oxygen atoms in total. The number of hydrogen-bond acceptors (Lipinski definition) is 6. The van der Waals surface area contributed by atoms with Crippen molar-refractivity contribution in [3.05, 3.63) is 69.6 Å². The number of aromatic amines is 1. The number of nitrogens with one attached hydrogen (secondary N) is 2. The van der Waals surface area contributed by atoms with Crippen LogP contribution in [-0.4, -0.2) is 45.8 Å². The molecule has 5 rings (SSSR count). The first-order valence-corrected chi connectivity index (χ1v) is 11.9. The number of pyridine rings is 2. The van der Waals surface area contributed by atoms with E-state index in [4.69, 9.17) is 34.5 Å². The molecule has 0 amide bonds. The van der Waals surface area contributed by atoms with Crippen LogP contribution in [0.1, 0.15) is 25.5 Å². The van der Waals surface area contributed by atoms with Crippen molar-refractivity contribution in [2.24, 2.45) is 0 Å². The molecule has 0 spiro atoms. The Bertz CT molecular complexity index is 1490. The summed E-state index contributed by atoms with van der Waals surface area (Å²) in [5, 5.41) is 11.8. The summed E-state index contributed by atoms with van der Waals surface area (Å²) in [6.07, 6.45) is 3.96. The normalized spacial score (nSPS) is 15.4. The predicted molar refractivity (Wildman–Crippen MR) is 139 cm³/mol. The van der Waals surface area contributed by atoms with Crippen molar-refractivity contribution in [2.75, 3.05) is 25.0 Å². The molecule has 1 aromatic carbocycles. The van der Waals surface area contributed by atoms with E-state index in [-0.39, 0.29) is 11.3 Å². The third-order valence-electron chi connectivity index (χ3n) is 6.44. The Labute approximate surface area is 217 Å². The second-order valence-corrected chi connectivity index (χ2v) is 9.84. The van der Waals surface area contributed by atoms with Gasteiger partial charge in [0.15, 0.2) is 11.6 Å². The van der Waals surface area contributed by atoms with Gasteiger partial charge in [0.25, 0.3) is 0 Å². The highest BCUT2D eigenvalue weighted by Gasteiger charge is 2.38. The van der Waals surface area contributed by atoms with Crippen LogP contribution in [0.2, 0.25) is 10.0 Å². The average molecular weight is 526 g/mol. The van der Waals surface area contributed by atoms with E-state index in [1.54, 1.807) is 25.3 Å². The van der Waals surface area contributed by atoms with Gasteiger partial charge in [0.1, 0.15) is 17.6 Å². The number of rotatable bonds is 6. The van der Waals surface area contributed by atoms with Crippen LogP contribution in [0, 0.1) is 12.4 Å². The third-order valence-corrected chi connectivity index (χ3v) is 7.04. The van der Waals surface area contributed by atoms with Crippen LogP contribution in [0.4, 0.5) is 15.9 Å². The molecular formula is C25H22Cl2FN7O. The van der Waals surface area contributed by atoms with Crippen molar-refractivity contribution in [2.45, 2.75) is 25.5 Å². The monoisotopic (exact) mass is 525 g/mol. The molecule has 0 radical (unpaired) electrons. The number of nitrogens with zero attached hydrogens (tertiary/aromatic N) is 5. The smallest absolute Gasteiger partial charge is 0.229 e. The summed E-state index contributed by atoms with van der Waals surface area (Å²) >= 11 is 12.5. The highest BCUT2D eigenvalue weighted by atomic mass is 35.5. The summed E-state index contributed by atoms with van der Waals surface area (Å²) in [5.41, 5.74) is 2.61. The van der Waals surface area contributed by atoms with Crippen LogP contribution in [0.3, 0.4) is 0 Å². The maximum atomic E-state index is 14.9. The Morgan fingerprint density at radius 2 is 1.94 bits per heavy atom. The van der Waals surface area contributed by atoms with E-state index in [0.29, 0.717) is 49.3 Å². The van der Waals surface area contributed by atoms with Crippen LogP contribution in [0.5, 0.6) is 5.75 Å². The zero-order valence-electron chi connectivity index (χ0n) is 19.7. The molecule has 4 heterocycles. The molecular weight excluding hydrogens is 504 g/mol. The molecule has 11 heteroatoms. The lowest BCUT2D eigenvalue weighted by Crippen LogP contribution is -2.67. The van der Waals surface area contributed by atoms with Crippen molar-refractivity contribution in [3.63, 3.8) is 0 Å².